The summed E-state index contributed by atoms with van der Waals surface area (Å²) in [5.41, 5.74) is 2.14. The molecule has 0 aromatic heterocycles. The highest BCUT2D eigenvalue weighted by molar-refractivity contribution is 6.02. The van der Waals surface area contributed by atoms with Crippen molar-refractivity contribution in [2.24, 2.45) is 0 Å². The van der Waals surface area contributed by atoms with Gasteiger partial charge in [-0.05, 0) is 18.4 Å². The van der Waals surface area contributed by atoms with Crippen LogP contribution in [0.3, 0.4) is 0 Å². The molecule has 1 fully saturated rings. The Kier molecular flexibility index (Phi) is 2.95. The number of rotatable bonds is 1. The zero-order chi connectivity index (χ0) is 11.7. The van der Waals surface area contributed by atoms with Crippen molar-refractivity contribution in [2.75, 3.05) is 26.3 Å². The Labute approximate surface area is 101 Å². The van der Waals surface area contributed by atoms with Gasteiger partial charge in [-0.15, -0.1) is 0 Å². The standard InChI is InChI=1S/C14H17NO2/c16-14-12-4-2-1-3-11(12)5-6-13(14)15-7-9-17-10-8-15/h1-4,13H,5-10H2. The Bertz CT molecular complexity index is 424. The van der Waals surface area contributed by atoms with Crippen LogP contribution in [0, 0.1) is 0 Å². The number of nitrogens with zero attached hydrogens (tertiary/aromatic N) is 1. The lowest BCUT2D eigenvalue weighted by Gasteiger charge is -2.36. The fourth-order valence-corrected chi connectivity index (χ4v) is 2.82. The fourth-order valence-electron chi connectivity index (χ4n) is 2.82. The normalized spacial score (nSPS) is 25.6. The fraction of sp³-hybridized carbons (Fsp3) is 0.500. The summed E-state index contributed by atoms with van der Waals surface area (Å²) in [4.78, 5) is 14.7. The van der Waals surface area contributed by atoms with E-state index in [1.54, 1.807) is 0 Å². The molecule has 0 bridgehead atoms. The molecule has 3 rings (SSSR count). The zero-order valence-corrected chi connectivity index (χ0v) is 9.89. The number of aryl methyl sites for hydroxylation is 1. The molecule has 90 valence electrons. The van der Waals surface area contributed by atoms with Crippen LogP contribution in [0.4, 0.5) is 0 Å². The largest absolute Gasteiger partial charge is 0.379 e. The predicted octanol–water partition coefficient (Wildman–Crippen LogP) is 1.52. The van der Waals surface area contributed by atoms with Crippen molar-refractivity contribution >= 4 is 5.78 Å². The number of ketones is 1. The maximum Gasteiger partial charge on any atom is 0.180 e. The average molecular weight is 231 g/mol. The van der Waals surface area contributed by atoms with E-state index in [2.05, 4.69) is 11.0 Å². The molecule has 0 radical (unpaired) electrons. The smallest absolute Gasteiger partial charge is 0.180 e. The molecule has 0 N–H and O–H groups in total. The van der Waals surface area contributed by atoms with Crippen molar-refractivity contribution in [3.05, 3.63) is 35.4 Å². The Morgan fingerprint density at radius 2 is 1.94 bits per heavy atom. The second-order valence-electron chi connectivity index (χ2n) is 4.72. The molecule has 0 amide bonds. The minimum Gasteiger partial charge on any atom is -0.379 e. The van der Waals surface area contributed by atoms with Gasteiger partial charge in [0.2, 0.25) is 0 Å². The first-order chi connectivity index (χ1) is 8.36. The maximum atomic E-state index is 12.4. The lowest BCUT2D eigenvalue weighted by molar-refractivity contribution is 0.0152. The minimum absolute atomic E-state index is 0.0776. The van der Waals surface area contributed by atoms with Gasteiger partial charge in [0, 0.05) is 18.7 Å². The zero-order valence-electron chi connectivity index (χ0n) is 9.89. The Morgan fingerprint density at radius 1 is 1.18 bits per heavy atom. The minimum atomic E-state index is 0.0776. The van der Waals surface area contributed by atoms with E-state index in [1.165, 1.54) is 5.56 Å². The number of carbonyl (C=O) groups excluding carboxylic acids is 1. The van der Waals surface area contributed by atoms with Gasteiger partial charge in [-0.2, -0.15) is 0 Å². The second-order valence-corrected chi connectivity index (χ2v) is 4.72. The molecule has 1 aliphatic heterocycles. The summed E-state index contributed by atoms with van der Waals surface area (Å²) in [6, 6.07) is 8.08. The van der Waals surface area contributed by atoms with Crippen LogP contribution in [0.2, 0.25) is 0 Å². The first kappa shape index (κ1) is 10.9. The van der Waals surface area contributed by atoms with Gasteiger partial charge < -0.3 is 4.74 Å². The van der Waals surface area contributed by atoms with Gasteiger partial charge in [-0.25, -0.2) is 0 Å². The predicted molar refractivity (Wildman–Crippen MR) is 65.3 cm³/mol. The van der Waals surface area contributed by atoms with Crippen molar-refractivity contribution in [1.82, 2.24) is 4.90 Å². The first-order valence-corrected chi connectivity index (χ1v) is 6.30. The summed E-state index contributed by atoms with van der Waals surface area (Å²) in [5, 5.41) is 0. The quantitative estimate of drug-likeness (QED) is 0.734. The molecule has 2 aliphatic rings. The molecule has 1 heterocycles. The molecule has 1 aromatic rings. The third-order valence-electron chi connectivity index (χ3n) is 3.76. The van der Waals surface area contributed by atoms with E-state index in [0.717, 1.165) is 44.7 Å². The molecule has 1 aliphatic carbocycles. The molecule has 1 aromatic carbocycles. The van der Waals surface area contributed by atoms with Crippen LogP contribution in [0.25, 0.3) is 0 Å². The molecule has 3 heteroatoms. The van der Waals surface area contributed by atoms with Gasteiger partial charge in [0.1, 0.15) is 0 Å². The van der Waals surface area contributed by atoms with E-state index in [4.69, 9.17) is 4.74 Å². The summed E-state index contributed by atoms with van der Waals surface area (Å²) in [5.74, 6) is 0.300. The van der Waals surface area contributed by atoms with E-state index >= 15 is 0 Å². The summed E-state index contributed by atoms with van der Waals surface area (Å²) >= 11 is 0. The van der Waals surface area contributed by atoms with E-state index < -0.39 is 0 Å². The van der Waals surface area contributed by atoms with Crippen molar-refractivity contribution in [3.8, 4) is 0 Å². The lowest BCUT2D eigenvalue weighted by Crippen LogP contribution is -2.49. The van der Waals surface area contributed by atoms with Crippen LogP contribution >= 0.6 is 0 Å². The van der Waals surface area contributed by atoms with Gasteiger partial charge in [0.05, 0.1) is 19.3 Å². The Morgan fingerprint density at radius 3 is 2.76 bits per heavy atom. The molecular weight excluding hydrogens is 214 g/mol. The highest BCUT2D eigenvalue weighted by atomic mass is 16.5. The molecule has 3 nitrogen and oxygen atoms in total. The van der Waals surface area contributed by atoms with Crippen molar-refractivity contribution < 1.29 is 9.53 Å². The van der Waals surface area contributed by atoms with Crippen LogP contribution in [-0.2, 0) is 11.2 Å². The van der Waals surface area contributed by atoms with E-state index in [9.17, 15) is 4.79 Å². The summed E-state index contributed by atoms with van der Waals surface area (Å²) in [6.45, 7) is 3.29. The number of morpholine rings is 1. The topological polar surface area (TPSA) is 29.5 Å². The Balaban J connectivity index is 1.83. The average Bonchev–Trinajstić information content (AvgIpc) is 2.40. The maximum absolute atomic E-state index is 12.4. The number of benzene rings is 1. The van der Waals surface area contributed by atoms with Crippen LogP contribution < -0.4 is 0 Å². The number of fused-ring (bicyclic) bond motifs is 1. The van der Waals surface area contributed by atoms with Gasteiger partial charge in [0.15, 0.2) is 5.78 Å². The van der Waals surface area contributed by atoms with Crippen LogP contribution in [0.1, 0.15) is 22.3 Å². The van der Waals surface area contributed by atoms with Crippen molar-refractivity contribution in [3.63, 3.8) is 0 Å². The van der Waals surface area contributed by atoms with E-state index in [1.807, 2.05) is 18.2 Å². The van der Waals surface area contributed by atoms with Crippen molar-refractivity contribution in [1.29, 1.82) is 0 Å². The summed E-state index contributed by atoms with van der Waals surface area (Å²) < 4.78 is 5.34. The molecule has 17 heavy (non-hydrogen) atoms. The third kappa shape index (κ3) is 2.01. The van der Waals surface area contributed by atoms with Gasteiger partial charge in [0.25, 0.3) is 0 Å². The first-order valence-electron chi connectivity index (χ1n) is 6.30. The van der Waals surface area contributed by atoms with E-state index in [-0.39, 0.29) is 6.04 Å². The SMILES string of the molecule is O=C1c2ccccc2CCC1N1CCOCC1. The highest BCUT2D eigenvalue weighted by Crippen LogP contribution is 2.24. The number of hydrogen-bond donors (Lipinski definition) is 0. The number of Topliss-reactive ketones (excluding diaryl/α,β-unsaturated/α-hetero) is 1. The summed E-state index contributed by atoms with van der Waals surface area (Å²) in [6.07, 6.45) is 1.97. The molecular formula is C14H17NO2. The monoisotopic (exact) mass is 231 g/mol. The third-order valence-corrected chi connectivity index (χ3v) is 3.76. The number of ether oxygens (including phenoxy) is 1. The number of carbonyl (C=O) groups is 1. The van der Waals surface area contributed by atoms with Gasteiger partial charge >= 0.3 is 0 Å². The van der Waals surface area contributed by atoms with Crippen LogP contribution in [0.5, 0.6) is 0 Å². The highest BCUT2D eigenvalue weighted by Gasteiger charge is 2.32. The van der Waals surface area contributed by atoms with Gasteiger partial charge in [-0.3, -0.25) is 9.69 Å². The van der Waals surface area contributed by atoms with Crippen molar-refractivity contribution in [2.45, 2.75) is 18.9 Å². The number of hydrogen-bond acceptors (Lipinski definition) is 3. The molecule has 0 spiro atoms. The molecule has 1 unspecified atom stereocenters. The second kappa shape index (κ2) is 4.59. The van der Waals surface area contributed by atoms with E-state index in [0.29, 0.717) is 5.78 Å². The molecule has 0 saturated carbocycles. The van der Waals surface area contributed by atoms with Crippen LogP contribution in [-0.4, -0.2) is 43.0 Å². The van der Waals surface area contributed by atoms with Gasteiger partial charge in [-0.1, -0.05) is 24.3 Å². The molecule has 1 saturated heterocycles. The van der Waals surface area contributed by atoms with Crippen LogP contribution in [0.15, 0.2) is 24.3 Å². The Hall–Kier alpha value is -1.19. The summed E-state index contributed by atoms with van der Waals surface area (Å²) in [7, 11) is 0. The molecule has 1 atom stereocenters. The lowest BCUT2D eigenvalue weighted by atomic mass is 9.86.